The van der Waals surface area contributed by atoms with Crippen LogP contribution in [-0.4, -0.2) is 70.8 Å². The van der Waals surface area contributed by atoms with E-state index >= 15 is 0 Å². The summed E-state index contributed by atoms with van der Waals surface area (Å²) in [5.74, 6) is 2.67. The molecular weight excluding hydrogens is 468 g/mol. The van der Waals surface area contributed by atoms with Crippen LogP contribution in [0.25, 0.3) is 0 Å². The minimum Gasteiger partial charge on any atom is -0.390 e. The predicted molar refractivity (Wildman–Crippen MR) is 131 cm³/mol. The Morgan fingerprint density at radius 3 is 2.74 bits per heavy atom. The number of aromatic nitrogens is 6. The molecule has 2 aromatic heterocycles. The number of hydrogen-bond donors (Lipinski definition) is 6. The number of benzene rings is 1. The lowest BCUT2D eigenvalue weighted by Gasteiger charge is -2.27. The van der Waals surface area contributed by atoms with Gasteiger partial charge in [0.15, 0.2) is 22.6 Å². The fourth-order valence-electron chi connectivity index (χ4n) is 4.94. The number of fused-ring (bicyclic) bond motifs is 1. The molecule has 0 spiro atoms. The molecule has 6 N–H and O–H groups in total. The zero-order valence-electron chi connectivity index (χ0n) is 19.2. The normalized spacial score (nSPS) is 29.2. The molecule has 6 rings (SSSR count). The van der Waals surface area contributed by atoms with Crippen LogP contribution in [0.5, 0.6) is 0 Å². The van der Waals surface area contributed by atoms with Crippen molar-refractivity contribution in [3.8, 4) is 0 Å². The highest BCUT2D eigenvalue weighted by atomic mass is 32.2. The van der Waals surface area contributed by atoms with Crippen LogP contribution in [0.3, 0.4) is 0 Å². The number of rotatable bonds is 8. The van der Waals surface area contributed by atoms with E-state index < -0.39 is 24.2 Å². The second-order valence-electron chi connectivity index (χ2n) is 9.17. The molecule has 2 aliphatic carbocycles. The summed E-state index contributed by atoms with van der Waals surface area (Å²) in [6, 6.07) is 10.3. The molecule has 3 aliphatic rings. The van der Waals surface area contributed by atoms with Crippen LogP contribution in [0.2, 0.25) is 0 Å². The highest BCUT2D eigenvalue weighted by Crippen LogP contribution is 2.46. The number of tetrazole rings is 1. The van der Waals surface area contributed by atoms with Gasteiger partial charge in [-0.05, 0) is 24.8 Å². The van der Waals surface area contributed by atoms with Crippen LogP contribution in [0, 0.1) is 0 Å². The van der Waals surface area contributed by atoms with Gasteiger partial charge in [-0.2, -0.15) is 5.21 Å². The number of anilines is 3. The molecule has 0 bridgehead atoms. The Bertz CT molecular complexity index is 1170. The topological polar surface area (TPSA) is 160 Å². The predicted octanol–water partition coefficient (Wildman–Crippen LogP) is 1.39. The second kappa shape index (κ2) is 9.22. The maximum absolute atomic E-state index is 10.9. The van der Waals surface area contributed by atoms with Gasteiger partial charge in [0.05, 0.1) is 18.1 Å². The summed E-state index contributed by atoms with van der Waals surface area (Å²) < 4.78 is 0. The van der Waals surface area contributed by atoms with Crippen molar-refractivity contribution in [1.29, 1.82) is 0 Å². The Morgan fingerprint density at radius 1 is 1.11 bits per heavy atom. The fraction of sp³-hybridized carbons (Fsp3) is 0.500. The van der Waals surface area contributed by atoms with Gasteiger partial charge in [0.25, 0.3) is 0 Å². The lowest BCUT2D eigenvalue weighted by Crippen LogP contribution is -2.49. The Balaban J connectivity index is 1.27. The van der Waals surface area contributed by atoms with E-state index in [4.69, 9.17) is 9.97 Å². The Kier molecular flexibility index (Phi) is 5.92. The summed E-state index contributed by atoms with van der Waals surface area (Å²) in [5.41, 5.74) is 8.38. The molecule has 184 valence electrons. The number of hydrazine groups is 2. The maximum Gasteiger partial charge on any atom is 0.191 e. The van der Waals surface area contributed by atoms with E-state index in [-0.39, 0.29) is 6.04 Å². The summed E-state index contributed by atoms with van der Waals surface area (Å²) >= 11 is 1.60. The summed E-state index contributed by atoms with van der Waals surface area (Å²) in [5, 5.41) is 41.7. The van der Waals surface area contributed by atoms with E-state index in [1.54, 1.807) is 16.8 Å². The highest BCUT2D eigenvalue weighted by molar-refractivity contribution is 7.99. The largest absolute Gasteiger partial charge is 0.390 e. The van der Waals surface area contributed by atoms with Crippen LogP contribution in [-0.2, 0) is 0 Å². The van der Waals surface area contributed by atoms with Gasteiger partial charge in [-0.1, -0.05) is 54.2 Å². The Morgan fingerprint density at radius 2 is 1.97 bits per heavy atom. The van der Waals surface area contributed by atoms with E-state index in [1.165, 1.54) is 5.56 Å². The molecule has 13 heteroatoms. The van der Waals surface area contributed by atoms with Gasteiger partial charge in [0.1, 0.15) is 11.8 Å². The van der Waals surface area contributed by atoms with Gasteiger partial charge in [-0.15, -0.1) is 15.7 Å². The number of nitrogens with one attached hydrogen (secondary N) is 4. The molecule has 1 aromatic carbocycles. The molecule has 35 heavy (non-hydrogen) atoms. The van der Waals surface area contributed by atoms with Crippen LogP contribution in [0.4, 0.5) is 17.3 Å². The van der Waals surface area contributed by atoms with E-state index in [0.29, 0.717) is 29.1 Å². The molecule has 12 nitrogen and oxygen atoms in total. The number of aliphatic hydroxyl groups is 2. The monoisotopic (exact) mass is 496 g/mol. The Hall–Kier alpha value is -3.00. The molecule has 1 aliphatic heterocycles. The standard InChI is InChI=1S/C22H28N10O2S/c1-2-8-35-22-24-20(23-14-9-12(14)11-6-4-3-5-7-11)16-21(25-22)32(31-26-16)15-10-13(17(33)18(15)34)19-27-29-30-28-19/h3-7,12-15,17-18,26,31,33-34H,2,8-10H2,1H3,(H,23,24,25)(H,27,28,29,30)/t12-,13-,14+,15+,17+,18-/m0/s1. The molecule has 2 fully saturated rings. The smallest absolute Gasteiger partial charge is 0.191 e. The van der Waals surface area contributed by atoms with Gasteiger partial charge in [0.2, 0.25) is 0 Å². The van der Waals surface area contributed by atoms with Gasteiger partial charge < -0.3 is 15.5 Å². The highest BCUT2D eigenvalue weighted by Gasteiger charge is 2.49. The number of aliphatic hydroxyl groups excluding tert-OH is 2. The van der Waals surface area contributed by atoms with E-state index in [1.807, 2.05) is 6.07 Å². The van der Waals surface area contributed by atoms with Crippen molar-refractivity contribution >= 4 is 29.1 Å². The number of aromatic amines is 1. The van der Waals surface area contributed by atoms with Gasteiger partial charge >= 0.3 is 0 Å². The first kappa shape index (κ1) is 22.5. The van der Waals surface area contributed by atoms with Crippen molar-refractivity contribution in [2.75, 3.05) is 21.5 Å². The molecule has 6 atom stereocenters. The van der Waals surface area contributed by atoms with Crippen molar-refractivity contribution in [1.82, 2.24) is 36.1 Å². The summed E-state index contributed by atoms with van der Waals surface area (Å²) in [6.45, 7) is 2.12. The van der Waals surface area contributed by atoms with Gasteiger partial charge in [-0.25, -0.2) is 9.97 Å². The third kappa shape index (κ3) is 4.18. The first-order valence-corrected chi connectivity index (χ1v) is 12.9. The first-order chi connectivity index (χ1) is 17.1. The summed E-state index contributed by atoms with van der Waals surface area (Å²) in [6.07, 6.45) is 0.431. The van der Waals surface area contributed by atoms with Crippen molar-refractivity contribution in [2.24, 2.45) is 0 Å². The minimum atomic E-state index is -1.03. The third-order valence-electron chi connectivity index (χ3n) is 6.85. The second-order valence-corrected chi connectivity index (χ2v) is 10.2. The SMILES string of the molecule is CCCSc1nc(N[C@@H]2C[C@H]2c2ccccc2)c2c(n1)N([C@@H]1C[C@H](c3nn[nH]n3)[C@@H](O)[C@H]1O)NN2. The molecule has 0 unspecified atom stereocenters. The van der Waals surface area contributed by atoms with Crippen LogP contribution >= 0.6 is 11.8 Å². The number of hydrogen-bond acceptors (Lipinski definition) is 12. The number of thioether (sulfide) groups is 1. The van der Waals surface area contributed by atoms with Gasteiger partial charge in [0, 0.05) is 17.7 Å². The van der Waals surface area contributed by atoms with Crippen LogP contribution < -0.4 is 21.3 Å². The van der Waals surface area contributed by atoms with Crippen LogP contribution in [0.1, 0.15) is 49.4 Å². The Labute approximate surface area is 206 Å². The zero-order valence-corrected chi connectivity index (χ0v) is 20.0. The lowest BCUT2D eigenvalue weighted by molar-refractivity contribution is 0.0254. The molecule has 2 saturated carbocycles. The van der Waals surface area contributed by atoms with Crippen molar-refractivity contribution in [3.63, 3.8) is 0 Å². The average molecular weight is 497 g/mol. The maximum atomic E-state index is 10.9. The lowest BCUT2D eigenvalue weighted by atomic mass is 10.1. The molecule has 3 heterocycles. The fourth-order valence-corrected chi connectivity index (χ4v) is 5.63. The summed E-state index contributed by atoms with van der Waals surface area (Å²) in [4.78, 5) is 9.61. The van der Waals surface area contributed by atoms with E-state index in [2.05, 4.69) is 68.1 Å². The van der Waals surface area contributed by atoms with Gasteiger partial charge in [-0.3, -0.25) is 10.4 Å². The van der Waals surface area contributed by atoms with Crippen LogP contribution in [0.15, 0.2) is 35.5 Å². The molecule has 0 saturated heterocycles. The molecular formula is C22H28N10O2S. The zero-order chi connectivity index (χ0) is 23.9. The quantitative estimate of drug-likeness (QED) is 0.197. The molecule has 0 radical (unpaired) electrons. The first-order valence-electron chi connectivity index (χ1n) is 11.9. The summed E-state index contributed by atoms with van der Waals surface area (Å²) in [7, 11) is 0. The average Bonchev–Trinajstić information content (AvgIpc) is 3.19. The molecule has 3 aromatic rings. The van der Waals surface area contributed by atoms with Crippen molar-refractivity contribution in [2.45, 2.75) is 67.5 Å². The van der Waals surface area contributed by atoms with E-state index in [9.17, 15) is 10.2 Å². The molecule has 0 amide bonds. The number of H-pyrrole nitrogens is 1. The third-order valence-corrected chi connectivity index (χ3v) is 7.90. The minimum absolute atomic E-state index is 0.290. The van der Waals surface area contributed by atoms with E-state index in [0.717, 1.165) is 30.1 Å². The van der Waals surface area contributed by atoms with Crippen molar-refractivity contribution in [3.05, 3.63) is 41.7 Å². The number of nitrogens with zero attached hydrogens (tertiary/aromatic N) is 6. The van der Waals surface area contributed by atoms with Crippen molar-refractivity contribution < 1.29 is 10.2 Å².